The van der Waals surface area contributed by atoms with Crippen LogP contribution in [-0.2, 0) is 0 Å². The van der Waals surface area contributed by atoms with Crippen molar-refractivity contribution < 1.29 is 0 Å². The fourth-order valence-electron chi connectivity index (χ4n) is 0.992. The van der Waals surface area contributed by atoms with Crippen LogP contribution >= 0.6 is 0 Å². The van der Waals surface area contributed by atoms with E-state index in [-0.39, 0.29) is 0 Å². The maximum atomic E-state index is 2.25. The van der Waals surface area contributed by atoms with Crippen LogP contribution in [0.2, 0.25) is 0 Å². The standard InChI is InChI=1S/C10H15BN/c1-9(12(2)3)11-10-7-5-4-6-8-10/h4-9H,1-3H3. The zero-order valence-corrected chi connectivity index (χ0v) is 7.99. The highest BCUT2D eigenvalue weighted by atomic mass is 15.1. The van der Waals surface area contributed by atoms with E-state index < -0.39 is 0 Å². The first-order chi connectivity index (χ1) is 5.70. The first kappa shape index (κ1) is 9.33. The predicted molar refractivity (Wildman–Crippen MR) is 55.0 cm³/mol. The zero-order chi connectivity index (χ0) is 8.97. The SMILES string of the molecule is CC([B]c1ccccc1)N(C)C. The maximum absolute atomic E-state index is 2.25. The molecular weight excluding hydrogens is 145 g/mol. The van der Waals surface area contributed by atoms with Gasteiger partial charge in [0.2, 0.25) is 0 Å². The summed E-state index contributed by atoms with van der Waals surface area (Å²) < 4.78 is 0. The molecule has 0 aliphatic rings. The number of nitrogens with zero attached hydrogens (tertiary/aromatic N) is 1. The van der Waals surface area contributed by atoms with Crippen LogP contribution in [0.4, 0.5) is 0 Å². The van der Waals surface area contributed by atoms with Crippen molar-refractivity contribution in [2.75, 3.05) is 14.1 Å². The molecule has 0 spiro atoms. The van der Waals surface area contributed by atoms with Crippen molar-refractivity contribution in [3.8, 4) is 0 Å². The molecule has 0 heterocycles. The van der Waals surface area contributed by atoms with E-state index in [0.717, 1.165) is 0 Å². The Balaban J connectivity index is 2.53. The molecule has 1 radical (unpaired) electrons. The van der Waals surface area contributed by atoms with Gasteiger partial charge in [-0.25, -0.2) is 0 Å². The zero-order valence-electron chi connectivity index (χ0n) is 7.99. The van der Waals surface area contributed by atoms with Crippen LogP contribution in [0.1, 0.15) is 6.92 Å². The smallest absolute Gasteiger partial charge is 0.173 e. The Labute approximate surface area is 75.6 Å². The first-order valence-corrected chi connectivity index (χ1v) is 4.26. The van der Waals surface area contributed by atoms with E-state index in [9.17, 15) is 0 Å². The van der Waals surface area contributed by atoms with Crippen LogP contribution in [0.15, 0.2) is 30.3 Å². The van der Waals surface area contributed by atoms with E-state index in [1.165, 1.54) is 5.46 Å². The number of hydrogen-bond acceptors (Lipinski definition) is 1. The molecule has 1 rings (SSSR count). The van der Waals surface area contributed by atoms with Gasteiger partial charge < -0.3 is 4.90 Å². The van der Waals surface area contributed by atoms with Gasteiger partial charge in [0, 0.05) is 0 Å². The van der Waals surface area contributed by atoms with Gasteiger partial charge in [-0.1, -0.05) is 42.7 Å². The largest absolute Gasteiger partial charge is 0.314 e. The van der Waals surface area contributed by atoms with Gasteiger partial charge in [-0.05, 0) is 20.0 Å². The summed E-state index contributed by atoms with van der Waals surface area (Å²) in [4.78, 5) is 2.19. The third-order valence-electron chi connectivity index (χ3n) is 2.05. The summed E-state index contributed by atoms with van der Waals surface area (Å²) in [5.41, 5.74) is 1.29. The topological polar surface area (TPSA) is 3.24 Å². The Hall–Kier alpha value is -0.755. The van der Waals surface area contributed by atoms with Gasteiger partial charge in [0.15, 0.2) is 7.28 Å². The Morgan fingerprint density at radius 1 is 1.17 bits per heavy atom. The maximum Gasteiger partial charge on any atom is 0.173 e. The van der Waals surface area contributed by atoms with Gasteiger partial charge in [0.05, 0.1) is 0 Å². The number of rotatable bonds is 3. The highest BCUT2D eigenvalue weighted by Crippen LogP contribution is 1.89. The highest BCUT2D eigenvalue weighted by molar-refractivity contribution is 6.54. The molecule has 12 heavy (non-hydrogen) atoms. The molecule has 0 saturated heterocycles. The summed E-state index contributed by atoms with van der Waals surface area (Å²) in [6, 6.07) is 10.4. The summed E-state index contributed by atoms with van der Waals surface area (Å²) in [5, 5.41) is 0. The second-order valence-electron chi connectivity index (χ2n) is 3.28. The molecule has 0 bridgehead atoms. The van der Waals surface area contributed by atoms with Gasteiger partial charge in [0.25, 0.3) is 0 Å². The molecule has 1 aromatic carbocycles. The summed E-state index contributed by atoms with van der Waals surface area (Å²) in [5.74, 6) is 0.493. The molecular formula is C10H15BN. The Morgan fingerprint density at radius 2 is 1.75 bits per heavy atom. The lowest BCUT2D eigenvalue weighted by Gasteiger charge is -2.18. The van der Waals surface area contributed by atoms with E-state index >= 15 is 0 Å². The van der Waals surface area contributed by atoms with E-state index in [2.05, 4.69) is 57.5 Å². The van der Waals surface area contributed by atoms with Gasteiger partial charge in [-0.2, -0.15) is 0 Å². The van der Waals surface area contributed by atoms with Gasteiger partial charge in [-0.3, -0.25) is 0 Å². The molecule has 1 unspecified atom stereocenters. The average molecular weight is 160 g/mol. The van der Waals surface area contributed by atoms with E-state index in [1.807, 2.05) is 6.07 Å². The van der Waals surface area contributed by atoms with Crippen LogP contribution < -0.4 is 5.46 Å². The average Bonchev–Trinajstić information content (AvgIpc) is 2.06. The van der Waals surface area contributed by atoms with Crippen molar-refractivity contribution in [1.82, 2.24) is 4.90 Å². The first-order valence-electron chi connectivity index (χ1n) is 4.26. The second-order valence-corrected chi connectivity index (χ2v) is 3.28. The molecule has 0 fully saturated rings. The summed E-state index contributed by atoms with van der Waals surface area (Å²) in [6.45, 7) is 2.19. The highest BCUT2D eigenvalue weighted by Gasteiger charge is 2.06. The van der Waals surface area contributed by atoms with Crippen molar-refractivity contribution in [3.05, 3.63) is 30.3 Å². The van der Waals surface area contributed by atoms with Crippen LogP contribution in [0.3, 0.4) is 0 Å². The minimum absolute atomic E-state index is 0.493. The summed E-state index contributed by atoms with van der Waals surface area (Å²) in [7, 11) is 6.42. The van der Waals surface area contributed by atoms with Crippen molar-refractivity contribution in [2.24, 2.45) is 0 Å². The van der Waals surface area contributed by atoms with Crippen molar-refractivity contribution in [1.29, 1.82) is 0 Å². The minimum atomic E-state index is 0.493. The molecule has 63 valence electrons. The minimum Gasteiger partial charge on any atom is -0.314 e. The fourth-order valence-corrected chi connectivity index (χ4v) is 0.992. The molecule has 0 saturated carbocycles. The van der Waals surface area contributed by atoms with Crippen LogP contribution in [0.25, 0.3) is 0 Å². The van der Waals surface area contributed by atoms with Crippen molar-refractivity contribution in [2.45, 2.75) is 12.9 Å². The summed E-state index contributed by atoms with van der Waals surface area (Å²) in [6.07, 6.45) is 0. The number of hydrogen-bond donors (Lipinski definition) is 0. The number of benzene rings is 1. The fraction of sp³-hybridized carbons (Fsp3) is 0.400. The quantitative estimate of drug-likeness (QED) is 0.594. The molecule has 1 nitrogen and oxygen atoms in total. The molecule has 2 heteroatoms. The lowest BCUT2D eigenvalue weighted by atomic mass is 9.63. The second kappa shape index (κ2) is 4.32. The molecule has 0 amide bonds. The van der Waals surface area contributed by atoms with Crippen molar-refractivity contribution >= 4 is 12.7 Å². The lowest BCUT2D eigenvalue weighted by Crippen LogP contribution is -2.36. The molecule has 1 aromatic rings. The van der Waals surface area contributed by atoms with Crippen LogP contribution in [0.5, 0.6) is 0 Å². The molecule has 1 atom stereocenters. The van der Waals surface area contributed by atoms with Crippen molar-refractivity contribution in [3.63, 3.8) is 0 Å². The third kappa shape index (κ3) is 2.70. The van der Waals surface area contributed by atoms with Gasteiger partial charge in [0.1, 0.15) is 0 Å². The Morgan fingerprint density at radius 3 is 2.25 bits per heavy atom. The monoisotopic (exact) mass is 160 g/mol. The van der Waals surface area contributed by atoms with E-state index in [4.69, 9.17) is 0 Å². The molecule has 0 aliphatic carbocycles. The molecule has 0 N–H and O–H groups in total. The van der Waals surface area contributed by atoms with E-state index in [0.29, 0.717) is 5.94 Å². The predicted octanol–water partition coefficient (Wildman–Crippen LogP) is 0.924. The van der Waals surface area contributed by atoms with Gasteiger partial charge >= 0.3 is 0 Å². The third-order valence-corrected chi connectivity index (χ3v) is 2.05. The van der Waals surface area contributed by atoms with Crippen LogP contribution in [0, 0.1) is 0 Å². The Bertz CT molecular complexity index is 221. The summed E-state index contributed by atoms with van der Waals surface area (Å²) >= 11 is 0. The van der Waals surface area contributed by atoms with Crippen LogP contribution in [-0.4, -0.2) is 32.2 Å². The van der Waals surface area contributed by atoms with E-state index in [1.54, 1.807) is 0 Å². The lowest BCUT2D eigenvalue weighted by molar-refractivity contribution is 0.393. The normalized spacial score (nSPS) is 13.0. The van der Waals surface area contributed by atoms with Gasteiger partial charge in [-0.15, -0.1) is 0 Å². The molecule has 0 aliphatic heterocycles. The molecule has 0 aromatic heterocycles. The Kier molecular flexibility index (Phi) is 3.36.